The van der Waals surface area contributed by atoms with Crippen LogP contribution >= 0.6 is 38.6 Å². The van der Waals surface area contributed by atoms with E-state index in [0.717, 1.165) is 18.3 Å². The normalized spacial score (nSPS) is 11.4. The van der Waals surface area contributed by atoms with Crippen molar-refractivity contribution in [1.82, 2.24) is 0 Å². The summed E-state index contributed by atoms with van der Waals surface area (Å²) in [4.78, 5) is 1.96. The molecule has 0 saturated heterocycles. The van der Waals surface area contributed by atoms with Gasteiger partial charge in [-0.25, -0.2) is 0 Å². The highest BCUT2D eigenvalue weighted by molar-refractivity contribution is 9.11. The smallest absolute Gasteiger partial charge is 0.128 e. The van der Waals surface area contributed by atoms with Crippen molar-refractivity contribution in [2.45, 2.75) is 0 Å². The largest absolute Gasteiger partial charge is 0.192 e. The summed E-state index contributed by atoms with van der Waals surface area (Å²) in [6.07, 6.45) is 1.86. The zero-order chi connectivity index (χ0) is 11.5. The monoisotopic (exact) mass is 305 g/mol. The van der Waals surface area contributed by atoms with E-state index in [1.165, 1.54) is 11.3 Å². The van der Waals surface area contributed by atoms with E-state index in [0.29, 0.717) is 5.57 Å². The number of hydrogen-bond acceptors (Lipinski definition) is 3. The molecule has 1 nitrogen and oxygen atoms in total. The first-order chi connectivity index (χ1) is 7.69. The van der Waals surface area contributed by atoms with Gasteiger partial charge in [-0.3, -0.25) is 0 Å². The number of allylic oxidation sites excluding steroid dienone is 1. The highest BCUT2D eigenvalue weighted by atomic mass is 79.9. The van der Waals surface area contributed by atoms with Crippen molar-refractivity contribution in [2.24, 2.45) is 0 Å². The van der Waals surface area contributed by atoms with Gasteiger partial charge in [0.15, 0.2) is 0 Å². The van der Waals surface area contributed by atoms with Crippen molar-refractivity contribution in [3.8, 4) is 6.07 Å². The zero-order valence-electron chi connectivity index (χ0n) is 8.11. The van der Waals surface area contributed by atoms with Crippen molar-refractivity contribution in [3.05, 3.63) is 37.8 Å². The van der Waals surface area contributed by atoms with Crippen LogP contribution in [0, 0.1) is 11.3 Å². The van der Waals surface area contributed by atoms with Crippen LogP contribution in [-0.4, -0.2) is 7.85 Å². The number of thiophene rings is 2. The molecule has 0 fully saturated rings. The summed E-state index contributed by atoms with van der Waals surface area (Å²) in [6.45, 7) is 0. The molecular weight excluding hydrogens is 301 g/mol. The van der Waals surface area contributed by atoms with Crippen molar-refractivity contribution in [1.29, 1.82) is 5.26 Å². The number of nitriles is 1. The minimum Gasteiger partial charge on any atom is -0.192 e. The van der Waals surface area contributed by atoms with Gasteiger partial charge in [-0.1, -0.05) is 6.07 Å². The predicted octanol–water partition coefficient (Wildman–Crippen LogP) is 3.43. The quantitative estimate of drug-likeness (QED) is 0.616. The Labute approximate surface area is 112 Å². The van der Waals surface area contributed by atoms with Gasteiger partial charge in [-0.05, 0) is 45.0 Å². The Kier molecular flexibility index (Phi) is 3.64. The van der Waals surface area contributed by atoms with E-state index in [4.69, 9.17) is 13.1 Å². The molecule has 2 radical (unpaired) electrons. The molecule has 2 heterocycles. The van der Waals surface area contributed by atoms with Crippen LogP contribution in [0.1, 0.15) is 9.75 Å². The van der Waals surface area contributed by atoms with Gasteiger partial charge in [0.05, 0.1) is 9.36 Å². The summed E-state index contributed by atoms with van der Waals surface area (Å²) in [7, 11) is 5.64. The Morgan fingerprint density at radius 2 is 2.12 bits per heavy atom. The van der Waals surface area contributed by atoms with Crippen molar-refractivity contribution in [2.75, 3.05) is 0 Å². The van der Waals surface area contributed by atoms with E-state index in [9.17, 15) is 0 Å². The summed E-state index contributed by atoms with van der Waals surface area (Å²) in [5.74, 6) is 0. The van der Waals surface area contributed by atoms with Gasteiger partial charge in [-0.15, -0.1) is 11.3 Å². The third kappa shape index (κ3) is 2.64. The minimum atomic E-state index is 0.664. The third-order valence-electron chi connectivity index (χ3n) is 1.89. The molecule has 0 aromatic carbocycles. The Bertz CT molecular complexity index is 577. The molecule has 76 valence electrons. The van der Waals surface area contributed by atoms with Crippen LogP contribution in [0.25, 0.3) is 11.6 Å². The molecule has 0 unspecified atom stereocenters. The standard InChI is InChI=1S/C11H5BBrNS2/c12-10-3-1-8(15-10)5-7(6-14)9-2-4-11(13)16-9/h1-5H/b7-5+. The second-order valence-electron chi connectivity index (χ2n) is 3.01. The van der Waals surface area contributed by atoms with Gasteiger partial charge in [0.25, 0.3) is 0 Å². The Balaban J connectivity index is 2.37. The lowest BCUT2D eigenvalue weighted by Gasteiger charge is -1.91. The fourth-order valence-corrected chi connectivity index (χ4v) is 3.28. The van der Waals surface area contributed by atoms with E-state index >= 15 is 0 Å². The molecule has 0 bridgehead atoms. The van der Waals surface area contributed by atoms with Gasteiger partial charge in [0.1, 0.15) is 13.9 Å². The molecule has 0 amide bonds. The van der Waals surface area contributed by atoms with E-state index in [1.807, 2.05) is 30.3 Å². The van der Waals surface area contributed by atoms with Gasteiger partial charge < -0.3 is 0 Å². The predicted molar refractivity (Wildman–Crippen MR) is 75.2 cm³/mol. The number of nitrogens with zero attached hydrogens (tertiary/aromatic N) is 1. The first-order valence-corrected chi connectivity index (χ1v) is 6.84. The molecule has 0 N–H and O–H groups in total. The Hall–Kier alpha value is -0.825. The average molecular weight is 306 g/mol. The second-order valence-corrected chi connectivity index (χ2v) is 6.62. The molecule has 2 rings (SSSR count). The maximum atomic E-state index is 9.10. The number of halogens is 1. The fraction of sp³-hybridized carbons (Fsp3) is 0. The van der Waals surface area contributed by atoms with Crippen LogP contribution in [0.3, 0.4) is 0 Å². The number of rotatable bonds is 2. The Morgan fingerprint density at radius 3 is 2.62 bits per heavy atom. The van der Waals surface area contributed by atoms with Crippen molar-refractivity contribution < 1.29 is 0 Å². The van der Waals surface area contributed by atoms with E-state index in [2.05, 4.69) is 22.0 Å². The van der Waals surface area contributed by atoms with E-state index in [1.54, 1.807) is 11.3 Å². The van der Waals surface area contributed by atoms with Gasteiger partial charge in [0, 0.05) is 9.75 Å². The molecule has 2 aromatic rings. The lowest BCUT2D eigenvalue weighted by atomic mass is 10.1. The SMILES string of the molecule is [B]c1ccc(/C=C(\C#N)c2ccc(Br)s2)s1. The summed E-state index contributed by atoms with van der Waals surface area (Å²) in [6, 6.07) is 9.84. The number of hydrogen-bond donors (Lipinski definition) is 0. The van der Waals surface area contributed by atoms with Crippen molar-refractivity contribution in [3.63, 3.8) is 0 Å². The van der Waals surface area contributed by atoms with E-state index < -0.39 is 0 Å². The van der Waals surface area contributed by atoms with Gasteiger partial charge in [0.2, 0.25) is 0 Å². The molecule has 5 heteroatoms. The molecule has 0 atom stereocenters. The van der Waals surface area contributed by atoms with Crippen LogP contribution in [0.4, 0.5) is 0 Å². The van der Waals surface area contributed by atoms with Gasteiger partial charge >= 0.3 is 0 Å². The molecule has 0 spiro atoms. The maximum Gasteiger partial charge on any atom is 0.128 e. The summed E-state index contributed by atoms with van der Waals surface area (Å²) >= 11 is 6.41. The maximum absolute atomic E-state index is 9.10. The summed E-state index contributed by atoms with van der Waals surface area (Å²) in [5, 5.41) is 9.10. The van der Waals surface area contributed by atoms with Crippen molar-refractivity contribution >= 4 is 62.9 Å². The summed E-state index contributed by atoms with van der Waals surface area (Å²) < 4.78 is 1.78. The first kappa shape index (κ1) is 11.7. The first-order valence-electron chi connectivity index (χ1n) is 4.42. The Morgan fingerprint density at radius 1 is 1.31 bits per heavy atom. The van der Waals surface area contributed by atoms with Crippen LogP contribution in [0.5, 0.6) is 0 Å². The van der Waals surface area contributed by atoms with Crippen LogP contribution in [-0.2, 0) is 0 Å². The highest BCUT2D eigenvalue weighted by Gasteiger charge is 2.04. The third-order valence-corrected chi connectivity index (χ3v) is 4.41. The van der Waals surface area contributed by atoms with Crippen LogP contribution in [0.2, 0.25) is 0 Å². The summed E-state index contributed by atoms with van der Waals surface area (Å²) in [5.41, 5.74) is 0.664. The second kappa shape index (κ2) is 5.00. The van der Waals surface area contributed by atoms with Gasteiger partial charge in [-0.2, -0.15) is 16.6 Å². The molecular formula is C11H5BBrNS2. The molecule has 0 aliphatic rings. The topological polar surface area (TPSA) is 23.8 Å². The minimum absolute atomic E-state index is 0.664. The van der Waals surface area contributed by atoms with Crippen LogP contribution < -0.4 is 4.78 Å². The lowest BCUT2D eigenvalue weighted by molar-refractivity contribution is 1.54. The molecule has 16 heavy (non-hydrogen) atoms. The zero-order valence-corrected chi connectivity index (χ0v) is 11.3. The van der Waals surface area contributed by atoms with E-state index in [-0.39, 0.29) is 0 Å². The molecule has 0 aliphatic carbocycles. The van der Waals surface area contributed by atoms with Crippen LogP contribution in [0.15, 0.2) is 28.1 Å². The lowest BCUT2D eigenvalue weighted by Crippen LogP contribution is -1.88. The molecule has 2 aromatic heterocycles. The average Bonchev–Trinajstić information content (AvgIpc) is 2.84. The molecule has 0 saturated carbocycles. The highest BCUT2D eigenvalue weighted by Crippen LogP contribution is 2.29. The fourth-order valence-electron chi connectivity index (χ4n) is 1.21. The molecule has 0 aliphatic heterocycles.